The van der Waals surface area contributed by atoms with Crippen molar-refractivity contribution in [1.82, 2.24) is 0 Å². The topological polar surface area (TPSA) is 77.4 Å². The van der Waals surface area contributed by atoms with Crippen molar-refractivity contribution in [2.75, 3.05) is 6.61 Å². The Labute approximate surface area is 129 Å². The van der Waals surface area contributed by atoms with Gasteiger partial charge >= 0.3 is 0 Å². The van der Waals surface area contributed by atoms with Crippen LogP contribution in [0.2, 0.25) is 0 Å². The Kier molecular flexibility index (Phi) is 4.49. The van der Waals surface area contributed by atoms with E-state index in [1.807, 2.05) is 30.3 Å². The van der Waals surface area contributed by atoms with E-state index in [0.29, 0.717) is 6.61 Å². The molecule has 2 N–H and O–H groups in total. The molecular weight excluding hydrogens is 288 g/mol. The molecule has 0 aliphatic carbocycles. The molecule has 2 heterocycles. The summed E-state index contributed by atoms with van der Waals surface area (Å²) in [6.07, 6.45) is -3.25. The van der Waals surface area contributed by atoms with Crippen molar-refractivity contribution in [2.24, 2.45) is 0 Å². The summed E-state index contributed by atoms with van der Waals surface area (Å²) in [5.74, 6) is -0.751. The maximum Gasteiger partial charge on any atom is 0.190 e. The van der Waals surface area contributed by atoms with Crippen LogP contribution in [0.4, 0.5) is 0 Å². The van der Waals surface area contributed by atoms with Crippen LogP contribution in [0, 0.1) is 0 Å². The van der Waals surface area contributed by atoms with Gasteiger partial charge < -0.3 is 29.2 Å². The monoisotopic (exact) mass is 310 g/mol. The molecule has 2 aliphatic heterocycles. The van der Waals surface area contributed by atoms with Crippen molar-refractivity contribution in [3.05, 3.63) is 35.9 Å². The van der Waals surface area contributed by atoms with Gasteiger partial charge in [-0.3, -0.25) is 0 Å². The first-order valence-electron chi connectivity index (χ1n) is 7.46. The van der Waals surface area contributed by atoms with Crippen LogP contribution >= 0.6 is 0 Å². The van der Waals surface area contributed by atoms with E-state index >= 15 is 0 Å². The fourth-order valence-corrected chi connectivity index (χ4v) is 2.87. The van der Waals surface area contributed by atoms with Crippen molar-refractivity contribution in [3.63, 3.8) is 0 Å². The molecule has 22 heavy (non-hydrogen) atoms. The predicted octanol–water partition coefficient (Wildman–Crippen LogP) is 0.801. The summed E-state index contributed by atoms with van der Waals surface area (Å²) in [5, 5.41) is 19.1. The van der Waals surface area contributed by atoms with Crippen molar-refractivity contribution in [1.29, 1.82) is 0 Å². The van der Waals surface area contributed by atoms with Gasteiger partial charge in [-0.15, -0.1) is 0 Å². The largest absolute Gasteiger partial charge is 0.394 e. The standard InChI is InChI=1S/C16H22O6/c1-16(2)21-14-13(19-9-10-6-4-3-5-7-10)12(11(18)8-17)20-15(14)22-16/h3-7,11-15,17-18H,8-9H2,1-2H3/t11?,12-,13?,14-,15-/m0/s1. The fourth-order valence-electron chi connectivity index (χ4n) is 2.87. The Morgan fingerprint density at radius 3 is 2.64 bits per heavy atom. The van der Waals surface area contributed by atoms with E-state index in [9.17, 15) is 10.2 Å². The molecular formula is C16H22O6. The summed E-state index contributed by atoms with van der Waals surface area (Å²) in [4.78, 5) is 0. The van der Waals surface area contributed by atoms with E-state index in [4.69, 9.17) is 18.9 Å². The van der Waals surface area contributed by atoms with E-state index in [1.54, 1.807) is 13.8 Å². The molecule has 0 bridgehead atoms. The zero-order valence-corrected chi connectivity index (χ0v) is 12.7. The van der Waals surface area contributed by atoms with Gasteiger partial charge in [0.1, 0.15) is 24.4 Å². The van der Waals surface area contributed by atoms with Crippen LogP contribution in [0.15, 0.2) is 30.3 Å². The summed E-state index contributed by atoms with van der Waals surface area (Å²) in [6, 6.07) is 9.73. The molecule has 0 saturated carbocycles. The molecule has 2 saturated heterocycles. The van der Waals surface area contributed by atoms with Gasteiger partial charge in [-0.25, -0.2) is 0 Å². The molecule has 0 radical (unpaired) electrons. The van der Waals surface area contributed by atoms with Crippen LogP contribution in [0.5, 0.6) is 0 Å². The summed E-state index contributed by atoms with van der Waals surface area (Å²) in [7, 11) is 0. The van der Waals surface area contributed by atoms with E-state index in [1.165, 1.54) is 0 Å². The minimum absolute atomic E-state index is 0.372. The molecule has 6 heteroatoms. The minimum atomic E-state index is -1.04. The molecule has 6 nitrogen and oxygen atoms in total. The van der Waals surface area contributed by atoms with Crippen LogP contribution in [0.1, 0.15) is 19.4 Å². The highest BCUT2D eigenvalue weighted by Gasteiger charge is 2.56. The normalized spacial score (nSPS) is 34.5. The third-order valence-electron chi connectivity index (χ3n) is 3.88. The maximum atomic E-state index is 9.94. The van der Waals surface area contributed by atoms with Gasteiger partial charge in [0.25, 0.3) is 0 Å². The van der Waals surface area contributed by atoms with Gasteiger partial charge in [0.15, 0.2) is 12.1 Å². The predicted molar refractivity (Wildman–Crippen MR) is 76.8 cm³/mol. The SMILES string of the molecule is CC1(C)O[C@@H]2O[C@@H](C(O)CO)C(OCc3ccccc3)[C@@H]2O1. The second-order valence-corrected chi connectivity index (χ2v) is 6.08. The lowest BCUT2D eigenvalue weighted by Gasteiger charge is -2.28. The molecule has 0 spiro atoms. The van der Waals surface area contributed by atoms with E-state index in [2.05, 4.69) is 0 Å². The second-order valence-electron chi connectivity index (χ2n) is 6.08. The molecule has 0 amide bonds. The number of aliphatic hydroxyl groups is 2. The Morgan fingerprint density at radius 1 is 1.23 bits per heavy atom. The summed E-state index contributed by atoms with van der Waals surface area (Å²) in [5.41, 5.74) is 1.02. The third kappa shape index (κ3) is 3.17. The number of hydrogen-bond donors (Lipinski definition) is 2. The minimum Gasteiger partial charge on any atom is -0.394 e. The van der Waals surface area contributed by atoms with Gasteiger partial charge in [-0.1, -0.05) is 30.3 Å². The third-order valence-corrected chi connectivity index (χ3v) is 3.88. The maximum absolute atomic E-state index is 9.94. The quantitative estimate of drug-likeness (QED) is 0.838. The smallest absolute Gasteiger partial charge is 0.190 e. The van der Waals surface area contributed by atoms with Gasteiger partial charge in [-0.05, 0) is 19.4 Å². The number of benzene rings is 1. The van der Waals surface area contributed by atoms with Crippen molar-refractivity contribution < 1.29 is 29.2 Å². The average Bonchev–Trinajstić information content (AvgIpc) is 2.97. The van der Waals surface area contributed by atoms with E-state index in [-0.39, 0.29) is 0 Å². The number of hydrogen-bond acceptors (Lipinski definition) is 6. The average molecular weight is 310 g/mol. The van der Waals surface area contributed by atoms with Crippen molar-refractivity contribution in [3.8, 4) is 0 Å². The highest BCUT2D eigenvalue weighted by Crippen LogP contribution is 2.39. The van der Waals surface area contributed by atoms with Gasteiger partial charge in [0, 0.05) is 0 Å². The van der Waals surface area contributed by atoms with Crippen molar-refractivity contribution >= 4 is 0 Å². The molecule has 1 aromatic rings. The molecule has 2 unspecified atom stereocenters. The van der Waals surface area contributed by atoms with Gasteiger partial charge in [-0.2, -0.15) is 0 Å². The molecule has 5 atom stereocenters. The van der Waals surface area contributed by atoms with Crippen LogP contribution in [0.3, 0.4) is 0 Å². The van der Waals surface area contributed by atoms with Crippen LogP contribution in [-0.4, -0.2) is 53.3 Å². The highest BCUT2D eigenvalue weighted by molar-refractivity contribution is 5.13. The first-order chi connectivity index (χ1) is 10.5. The number of ether oxygens (including phenoxy) is 4. The van der Waals surface area contributed by atoms with Crippen LogP contribution in [0.25, 0.3) is 0 Å². The Morgan fingerprint density at radius 2 is 1.95 bits per heavy atom. The van der Waals surface area contributed by atoms with Gasteiger partial charge in [0.05, 0.1) is 13.2 Å². The number of rotatable bonds is 5. The Hall–Kier alpha value is -1.02. The molecule has 2 aliphatic rings. The summed E-state index contributed by atoms with van der Waals surface area (Å²) in [6.45, 7) is 3.58. The lowest BCUT2D eigenvalue weighted by atomic mass is 10.1. The first-order valence-corrected chi connectivity index (χ1v) is 7.46. The summed E-state index contributed by atoms with van der Waals surface area (Å²) >= 11 is 0. The second kappa shape index (κ2) is 6.23. The summed E-state index contributed by atoms with van der Waals surface area (Å²) < 4.78 is 23.1. The molecule has 0 aromatic heterocycles. The number of aliphatic hydroxyl groups excluding tert-OH is 2. The molecule has 1 aromatic carbocycles. The Bertz CT molecular complexity index is 491. The number of fused-ring (bicyclic) bond motifs is 1. The van der Waals surface area contributed by atoms with Crippen molar-refractivity contribution in [2.45, 2.75) is 56.9 Å². The molecule has 3 rings (SSSR count). The molecule has 122 valence electrons. The van der Waals surface area contributed by atoms with Gasteiger partial charge in [0.2, 0.25) is 0 Å². The lowest BCUT2D eigenvalue weighted by molar-refractivity contribution is -0.232. The van der Waals surface area contributed by atoms with E-state index in [0.717, 1.165) is 5.56 Å². The zero-order valence-electron chi connectivity index (χ0n) is 12.7. The van der Waals surface area contributed by atoms with E-state index < -0.39 is 43.1 Å². The van der Waals surface area contributed by atoms with Crippen LogP contribution < -0.4 is 0 Å². The molecule has 2 fully saturated rings. The highest BCUT2D eigenvalue weighted by atomic mass is 16.8. The lowest BCUT2D eigenvalue weighted by Crippen LogP contribution is -2.44. The fraction of sp³-hybridized carbons (Fsp3) is 0.625. The first kappa shape index (κ1) is 15.9. The Balaban J connectivity index is 1.71. The van der Waals surface area contributed by atoms with Crippen LogP contribution in [-0.2, 0) is 25.6 Å². The zero-order chi connectivity index (χ0) is 15.7.